The predicted molar refractivity (Wildman–Crippen MR) is 110 cm³/mol. The van der Waals surface area contributed by atoms with E-state index in [1.807, 2.05) is 30.3 Å². The second-order valence-electron chi connectivity index (χ2n) is 6.41. The molecule has 29 heavy (non-hydrogen) atoms. The quantitative estimate of drug-likeness (QED) is 0.602. The zero-order valence-electron chi connectivity index (χ0n) is 16.3. The van der Waals surface area contributed by atoms with E-state index in [9.17, 15) is 9.59 Å². The molecule has 0 bridgehead atoms. The zero-order chi connectivity index (χ0) is 20.6. The Labute approximate surface area is 169 Å². The molecule has 0 atom stereocenters. The van der Waals surface area contributed by atoms with Gasteiger partial charge < -0.3 is 15.4 Å². The number of methoxy groups -OCH3 is 1. The minimum atomic E-state index is -0.433. The van der Waals surface area contributed by atoms with E-state index in [0.29, 0.717) is 23.5 Å². The largest absolute Gasteiger partial charge is 0.465 e. The summed E-state index contributed by atoms with van der Waals surface area (Å²) in [5.74, 6) is -0.421. The third-order valence-electron chi connectivity index (χ3n) is 4.17. The lowest BCUT2D eigenvalue weighted by Crippen LogP contribution is -2.27. The molecule has 1 aromatic heterocycles. The number of benzene rings is 2. The number of rotatable bonds is 7. The van der Waals surface area contributed by atoms with Gasteiger partial charge >= 0.3 is 5.97 Å². The third-order valence-corrected chi connectivity index (χ3v) is 4.17. The molecule has 0 saturated heterocycles. The molecule has 0 spiro atoms. The summed E-state index contributed by atoms with van der Waals surface area (Å²) in [5, 5.41) is 5.91. The van der Waals surface area contributed by atoms with Gasteiger partial charge in [-0.3, -0.25) is 4.79 Å². The van der Waals surface area contributed by atoms with Gasteiger partial charge in [-0.1, -0.05) is 36.4 Å². The first-order chi connectivity index (χ1) is 14.0. The van der Waals surface area contributed by atoms with Crippen LogP contribution < -0.4 is 10.6 Å². The first kappa shape index (κ1) is 20.0. The molecule has 1 heterocycles. The molecule has 1 amide bonds. The highest BCUT2D eigenvalue weighted by Crippen LogP contribution is 2.16. The Morgan fingerprint density at radius 1 is 1.00 bits per heavy atom. The number of aryl methyl sites for hydroxylation is 1. The van der Waals surface area contributed by atoms with Crippen molar-refractivity contribution >= 4 is 23.5 Å². The molecule has 0 aliphatic carbocycles. The van der Waals surface area contributed by atoms with Crippen molar-refractivity contribution in [2.75, 3.05) is 19.0 Å². The maximum absolute atomic E-state index is 12.5. The molecule has 3 aromatic rings. The molecule has 0 unspecified atom stereocenters. The second kappa shape index (κ2) is 9.45. The number of carbonyl (C=O) groups is 2. The predicted octanol–water partition coefficient (Wildman–Crippen LogP) is 3.29. The van der Waals surface area contributed by atoms with Crippen LogP contribution in [-0.2, 0) is 11.2 Å². The van der Waals surface area contributed by atoms with Gasteiger partial charge in [0.05, 0.1) is 12.7 Å². The monoisotopic (exact) mass is 390 g/mol. The molecule has 7 nitrogen and oxygen atoms in total. The molecule has 0 saturated carbocycles. The van der Waals surface area contributed by atoms with Gasteiger partial charge in [-0.2, -0.15) is 0 Å². The molecule has 3 rings (SSSR count). The first-order valence-corrected chi connectivity index (χ1v) is 9.18. The van der Waals surface area contributed by atoms with Crippen molar-refractivity contribution in [1.82, 2.24) is 15.3 Å². The standard InChI is InChI=1S/C22H22N4O3/c1-15-13-19(20(27)23-12-11-16-7-4-3-5-8-16)26-22(24-15)25-18-10-6-9-17(14-18)21(28)29-2/h3-10,13-14H,11-12H2,1-2H3,(H,23,27)(H,24,25,26). The number of amides is 1. The van der Waals surface area contributed by atoms with Crippen LogP contribution in [0.15, 0.2) is 60.7 Å². The summed E-state index contributed by atoms with van der Waals surface area (Å²) in [6.07, 6.45) is 0.738. The van der Waals surface area contributed by atoms with Gasteiger partial charge in [0, 0.05) is 17.9 Å². The van der Waals surface area contributed by atoms with Crippen LogP contribution in [0.5, 0.6) is 0 Å². The Hall–Kier alpha value is -3.74. The molecule has 2 N–H and O–H groups in total. The maximum Gasteiger partial charge on any atom is 0.337 e. The van der Waals surface area contributed by atoms with Crippen LogP contribution in [0, 0.1) is 6.92 Å². The van der Waals surface area contributed by atoms with Crippen LogP contribution >= 0.6 is 0 Å². The molecule has 2 aromatic carbocycles. The van der Waals surface area contributed by atoms with Crippen LogP contribution in [0.25, 0.3) is 0 Å². The Bertz CT molecular complexity index is 1010. The summed E-state index contributed by atoms with van der Waals surface area (Å²) in [7, 11) is 1.33. The molecule has 0 aliphatic heterocycles. The fourth-order valence-corrected chi connectivity index (χ4v) is 2.77. The Morgan fingerprint density at radius 3 is 2.55 bits per heavy atom. The Morgan fingerprint density at radius 2 is 1.79 bits per heavy atom. The van der Waals surface area contributed by atoms with Gasteiger partial charge in [-0.15, -0.1) is 0 Å². The van der Waals surface area contributed by atoms with Gasteiger partial charge in [0.2, 0.25) is 5.95 Å². The van der Waals surface area contributed by atoms with Gasteiger partial charge in [0.15, 0.2) is 0 Å². The summed E-state index contributed by atoms with van der Waals surface area (Å²) >= 11 is 0. The van der Waals surface area contributed by atoms with Crippen LogP contribution in [0.3, 0.4) is 0 Å². The van der Waals surface area contributed by atoms with Gasteiger partial charge in [-0.05, 0) is 43.2 Å². The van der Waals surface area contributed by atoms with E-state index in [1.54, 1.807) is 37.3 Å². The maximum atomic E-state index is 12.5. The van der Waals surface area contributed by atoms with Crippen LogP contribution in [0.1, 0.15) is 32.1 Å². The van der Waals surface area contributed by atoms with Crippen molar-refractivity contribution < 1.29 is 14.3 Å². The smallest absolute Gasteiger partial charge is 0.337 e. The minimum absolute atomic E-state index is 0.266. The van der Waals surface area contributed by atoms with Crippen molar-refractivity contribution in [3.8, 4) is 0 Å². The fraction of sp³-hybridized carbons (Fsp3) is 0.182. The molecule has 7 heteroatoms. The summed E-state index contributed by atoms with van der Waals surface area (Å²) < 4.78 is 4.73. The summed E-state index contributed by atoms with van der Waals surface area (Å²) in [4.78, 5) is 32.8. The summed E-state index contributed by atoms with van der Waals surface area (Å²) in [5.41, 5.74) is 3.11. The van der Waals surface area contributed by atoms with Crippen LogP contribution in [0.2, 0.25) is 0 Å². The second-order valence-corrected chi connectivity index (χ2v) is 6.41. The first-order valence-electron chi connectivity index (χ1n) is 9.18. The number of nitrogens with one attached hydrogen (secondary N) is 2. The topological polar surface area (TPSA) is 93.2 Å². The lowest BCUT2D eigenvalue weighted by Gasteiger charge is -2.10. The number of nitrogens with zero attached hydrogens (tertiary/aromatic N) is 2. The molecular weight excluding hydrogens is 368 g/mol. The van der Waals surface area contributed by atoms with Crippen LogP contribution in [-0.4, -0.2) is 35.5 Å². The van der Waals surface area contributed by atoms with E-state index in [-0.39, 0.29) is 17.5 Å². The molecule has 148 valence electrons. The molecule has 0 aliphatic rings. The summed E-state index contributed by atoms with van der Waals surface area (Å²) in [6.45, 7) is 2.30. The third kappa shape index (κ3) is 5.62. The zero-order valence-corrected chi connectivity index (χ0v) is 16.3. The number of carbonyl (C=O) groups excluding carboxylic acids is 2. The van der Waals surface area contributed by atoms with Crippen molar-refractivity contribution in [3.63, 3.8) is 0 Å². The van der Waals surface area contributed by atoms with E-state index >= 15 is 0 Å². The highest BCUT2D eigenvalue weighted by molar-refractivity contribution is 5.93. The number of hydrogen-bond acceptors (Lipinski definition) is 6. The average molecular weight is 390 g/mol. The number of aromatic nitrogens is 2. The van der Waals surface area contributed by atoms with Gasteiger partial charge in [0.1, 0.15) is 5.69 Å². The fourth-order valence-electron chi connectivity index (χ4n) is 2.77. The lowest BCUT2D eigenvalue weighted by atomic mass is 10.1. The minimum Gasteiger partial charge on any atom is -0.465 e. The van der Waals surface area contributed by atoms with E-state index in [1.165, 1.54) is 7.11 Å². The number of esters is 1. The number of anilines is 2. The normalized spacial score (nSPS) is 10.3. The van der Waals surface area contributed by atoms with E-state index < -0.39 is 5.97 Å². The van der Waals surface area contributed by atoms with E-state index in [0.717, 1.165) is 12.0 Å². The van der Waals surface area contributed by atoms with Crippen molar-refractivity contribution in [3.05, 3.63) is 83.2 Å². The lowest BCUT2D eigenvalue weighted by molar-refractivity contribution is 0.0600. The molecule has 0 radical (unpaired) electrons. The highest BCUT2D eigenvalue weighted by atomic mass is 16.5. The van der Waals surface area contributed by atoms with Crippen molar-refractivity contribution in [2.45, 2.75) is 13.3 Å². The van der Waals surface area contributed by atoms with Crippen molar-refractivity contribution in [1.29, 1.82) is 0 Å². The number of ether oxygens (including phenoxy) is 1. The van der Waals surface area contributed by atoms with Gasteiger partial charge in [0.25, 0.3) is 5.91 Å². The Balaban J connectivity index is 1.67. The van der Waals surface area contributed by atoms with Gasteiger partial charge in [-0.25, -0.2) is 14.8 Å². The number of hydrogen-bond donors (Lipinski definition) is 2. The average Bonchev–Trinajstić information content (AvgIpc) is 2.73. The molecule has 0 fully saturated rings. The van der Waals surface area contributed by atoms with Crippen molar-refractivity contribution in [2.24, 2.45) is 0 Å². The Kier molecular flexibility index (Phi) is 6.52. The molecular formula is C22H22N4O3. The SMILES string of the molecule is COC(=O)c1cccc(Nc2nc(C)cc(C(=O)NCCc3ccccc3)n2)c1. The van der Waals surface area contributed by atoms with E-state index in [2.05, 4.69) is 20.6 Å². The summed E-state index contributed by atoms with van der Waals surface area (Å²) in [6, 6.07) is 18.4. The van der Waals surface area contributed by atoms with E-state index in [4.69, 9.17) is 4.74 Å². The van der Waals surface area contributed by atoms with Crippen LogP contribution in [0.4, 0.5) is 11.6 Å². The highest BCUT2D eigenvalue weighted by Gasteiger charge is 2.11.